The summed E-state index contributed by atoms with van der Waals surface area (Å²) in [6, 6.07) is 8.23. The Bertz CT molecular complexity index is 588. The van der Waals surface area contributed by atoms with Gasteiger partial charge in [-0.15, -0.1) is 10.2 Å². The maximum Gasteiger partial charge on any atom is 0.178 e. The van der Waals surface area contributed by atoms with Gasteiger partial charge in [-0.25, -0.2) is 0 Å². The molecule has 1 aromatic heterocycles. The third-order valence-corrected chi connectivity index (χ3v) is 4.44. The standard InChI is InChI=1S/C14H16N4S2/c1-10(2)7-16-8-11-3-4-13(12(5-11)6-15)20-14-18-17-9-19-14/h3-5,9-10,16H,7-8H2,1-2H3. The number of hydrogen-bond acceptors (Lipinski definition) is 6. The average Bonchev–Trinajstić information content (AvgIpc) is 2.93. The predicted molar refractivity (Wildman–Crippen MR) is 81.7 cm³/mol. The lowest BCUT2D eigenvalue weighted by molar-refractivity contribution is 0.552. The van der Waals surface area contributed by atoms with Gasteiger partial charge in [0, 0.05) is 11.4 Å². The van der Waals surface area contributed by atoms with Gasteiger partial charge in [-0.1, -0.05) is 43.0 Å². The fourth-order valence-electron chi connectivity index (χ4n) is 1.67. The van der Waals surface area contributed by atoms with Crippen LogP contribution in [-0.4, -0.2) is 16.7 Å². The molecule has 0 unspecified atom stereocenters. The number of nitrogens with zero attached hydrogens (tertiary/aromatic N) is 3. The minimum atomic E-state index is 0.623. The summed E-state index contributed by atoms with van der Waals surface area (Å²) in [6.45, 7) is 6.12. The van der Waals surface area contributed by atoms with Crippen molar-refractivity contribution >= 4 is 23.1 Å². The largest absolute Gasteiger partial charge is 0.312 e. The number of nitriles is 1. The normalized spacial score (nSPS) is 10.7. The molecule has 0 bridgehead atoms. The van der Waals surface area contributed by atoms with Gasteiger partial charge in [-0.05, 0) is 30.2 Å². The van der Waals surface area contributed by atoms with Crippen molar-refractivity contribution < 1.29 is 0 Å². The first kappa shape index (κ1) is 15.0. The second-order valence-corrected chi connectivity index (χ2v) is 6.90. The molecule has 2 rings (SSSR count). The van der Waals surface area contributed by atoms with Gasteiger partial charge >= 0.3 is 0 Å². The van der Waals surface area contributed by atoms with Crippen molar-refractivity contribution in [2.45, 2.75) is 29.6 Å². The molecule has 104 valence electrons. The molecule has 4 nitrogen and oxygen atoms in total. The van der Waals surface area contributed by atoms with Crippen molar-refractivity contribution in [1.29, 1.82) is 5.26 Å². The quantitative estimate of drug-likeness (QED) is 0.887. The van der Waals surface area contributed by atoms with E-state index in [9.17, 15) is 5.26 Å². The molecular formula is C14H16N4S2. The van der Waals surface area contributed by atoms with Crippen molar-refractivity contribution in [3.05, 3.63) is 34.8 Å². The summed E-state index contributed by atoms with van der Waals surface area (Å²) in [6.07, 6.45) is 0. The van der Waals surface area contributed by atoms with Crippen LogP contribution in [0.4, 0.5) is 0 Å². The van der Waals surface area contributed by atoms with E-state index in [1.54, 1.807) is 5.51 Å². The van der Waals surface area contributed by atoms with Crippen molar-refractivity contribution in [3.8, 4) is 6.07 Å². The van der Waals surface area contributed by atoms with Gasteiger partial charge in [0.05, 0.1) is 5.56 Å². The van der Waals surface area contributed by atoms with E-state index in [0.717, 1.165) is 27.9 Å². The average molecular weight is 304 g/mol. The highest BCUT2D eigenvalue weighted by Crippen LogP contribution is 2.31. The Hall–Kier alpha value is -1.42. The summed E-state index contributed by atoms with van der Waals surface area (Å²) in [5.41, 5.74) is 3.51. The van der Waals surface area contributed by atoms with Crippen LogP contribution >= 0.6 is 23.1 Å². The SMILES string of the molecule is CC(C)CNCc1ccc(Sc2nncs2)c(C#N)c1. The van der Waals surface area contributed by atoms with Crippen molar-refractivity contribution in [3.63, 3.8) is 0 Å². The Morgan fingerprint density at radius 1 is 1.45 bits per heavy atom. The fraction of sp³-hybridized carbons (Fsp3) is 0.357. The predicted octanol–water partition coefficient (Wildman–Crippen LogP) is 3.31. The molecule has 6 heteroatoms. The fourth-order valence-corrected chi connectivity index (χ4v) is 3.17. The van der Waals surface area contributed by atoms with Gasteiger partial charge in [0.2, 0.25) is 0 Å². The third-order valence-electron chi connectivity index (χ3n) is 2.58. The van der Waals surface area contributed by atoms with Gasteiger partial charge in [-0.2, -0.15) is 5.26 Å². The first-order valence-corrected chi connectivity index (χ1v) is 8.06. The molecule has 1 aromatic carbocycles. The maximum absolute atomic E-state index is 9.27. The molecule has 0 amide bonds. The number of benzene rings is 1. The molecule has 1 N–H and O–H groups in total. The van der Waals surface area contributed by atoms with E-state index in [-0.39, 0.29) is 0 Å². The van der Waals surface area contributed by atoms with Crippen molar-refractivity contribution in [2.75, 3.05) is 6.54 Å². The van der Waals surface area contributed by atoms with Crippen LogP contribution in [0.15, 0.2) is 32.9 Å². The lowest BCUT2D eigenvalue weighted by atomic mass is 10.1. The second kappa shape index (κ2) is 7.39. The molecule has 0 saturated carbocycles. The molecule has 0 radical (unpaired) electrons. The lowest BCUT2D eigenvalue weighted by Crippen LogP contribution is -2.18. The van der Waals surface area contributed by atoms with E-state index in [0.29, 0.717) is 11.5 Å². The Balaban J connectivity index is 2.06. The van der Waals surface area contributed by atoms with Crippen LogP contribution < -0.4 is 5.32 Å². The molecular weight excluding hydrogens is 288 g/mol. The molecule has 0 saturated heterocycles. The van der Waals surface area contributed by atoms with Crippen molar-refractivity contribution in [1.82, 2.24) is 15.5 Å². The Labute approximate surface area is 127 Å². The van der Waals surface area contributed by atoms with Gasteiger partial charge in [0.1, 0.15) is 11.6 Å². The molecule has 0 aliphatic carbocycles. The number of rotatable bonds is 6. The van der Waals surface area contributed by atoms with Crippen LogP contribution in [0.5, 0.6) is 0 Å². The van der Waals surface area contributed by atoms with E-state index >= 15 is 0 Å². The minimum Gasteiger partial charge on any atom is -0.312 e. The van der Waals surface area contributed by atoms with Gasteiger partial charge < -0.3 is 5.32 Å². The van der Waals surface area contributed by atoms with Crippen molar-refractivity contribution in [2.24, 2.45) is 5.92 Å². The Kier molecular flexibility index (Phi) is 5.53. The van der Waals surface area contributed by atoms with Gasteiger partial charge in [0.25, 0.3) is 0 Å². The molecule has 0 spiro atoms. The number of nitrogens with one attached hydrogen (secondary N) is 1. The van der Waals surface area contributed by atoms with E-state index in [1.165, 1.54) is 23.1 Å². The maximum atomic E-state index is 9.27. The number of aromatic nitrogens is 2. The molecule has 20 heavy (non-hydrogen) atoms. The van der Waals surface area contributed by atoms with Crippen LogP contribution in [0.1, 0.15) is 25.0 Å². The van der Waals surface area contributed by atoms with E-state index < -0.39 is 0 Å². The summed E-state index contributed by atoms with van der Waals surface area (Å²) in [5, 5.41) is 20.4. The lowest BCUT2D eigenvalue weighted by Gasteiger charge is -2.09. The first-order chi connectivity index (χ1) is 9.69. The minimum absolute atomic E-state index is 0.623. The summed E-state index contributed by atoms with van der Waals surface area (Å²) < 4.78 is 0.854. The summed E-state index contributed by atoms with van der Waals surface area (Å²) >= 11 is 2.96. The second-order valence-electron chi connectivity index (χ2n) is 4.77. The first-order valence-electron chi connectivity index (χ1n) is 6.37. The van der Waals surface area contributed by atoms with Crippen LogP contribution in [-0.2, 0) is 6.54 Å². The summed E-state index contributed by atoms with van der Waals surface area (Å²) in [7, 11) is 0. The highest BCUT2D eigenvalue weighted by Gasteiger charge is 2.08. The molecule has 0 aliphatic rings. The molecule has 1 heterocycles. The van der Waals surface area contributed by atoms with Gasteiger partial charge in [-0.3, -0.25) is 0 Å². The Morgan fingerprint density at radius 3 is 2.95 bits per heavy atom. The molecule has 0 fully saturated rings. The van der Waals surface area contributed by atoms with E-state index in [4.69, 9.17) is 0 Å². The molecule has 2 aromatic rings. The third kappa shape index (κ3) is 4.30. The van der Waals surface area contributed by atoms with Gasteiger partial charge in [0.15, 0.2) is 4.34 Å². The van der Waals surface area contributed by atoms with E-state index in [2.05, 4.69) is 41.5 Å². The highest BCUT2D eigenvalue weighted by atomic mass is 32.2. The van der Waals surface area contributed by atoms with Crippen LogP contribution in [0, 0.1) is 17.2 Å². The van der Waals surface area contributed by atoms with Crippen LogP contribution in [0.2, 0.25) is 0 Å². The zero-order chi connectivity index (χ0) is 14.4. The van der Waals surface area contributed by atoms with E-state index in [1.807, 2.05) is 12.1 Å². The Morgan fingerprint density at radius 2 is 2.30 bits per heavy atom. The zero-order valence-electron chi connectivity index (χ0n) is 11.5. The summed E-state index contributed by atoms with van der Waals surface area (Å²) in [5.74, 6) is 0.623. The number of hydrogen-bond donors (Lipinski definition) is 1. The smallest absolute Gasteiger partial charge is 0.178 e. The zero-order valence-corrected chi connectivity index (χ0v) is 13.1. The topological polar surface area (TPSA) is 61.6 Å². The molecule has 0 atom stereocenters. The highest BCUT2D eigenvalue weighted by molar-refractivity contribution is 8.01. The van der Waals surface area contributed by atoms with Crippen LogP contribution in [0.3, 0.4) is 0 Å². The monoisotopic (exact) mass is 304 g/mol. The van der Waals surface area contributed by atoms with Crippen LogP contribution in [0.25, 0.3) is 0 Å². The summed E-state index contributed by atoms with van der Waals surface area (Å²) in [4.78, 5) is 0.928. The molecule has 0 aliphatic heterocycles.